The first-order valence-electron chi connectivity index (χ1n) is 6.22. The van der Waals surface area contributed by atoms with Gasteiger partial charge in [0.1, 0.15) is 0 Å². The summed E-state index contributed by atoms with van der Waals surface area (Å²) in [7, 11) is -1.60. The second-order valence-electron chi connectivity index (χ2n) is 4.99. The van der Waals surface area contributed by atoms with Crippen molar-refractivity contribution in [2.24, 2.45) is 0 Å². The van der Waals surface area contributed by atoms with Crippen LogP contribution in [0.15, 0.2) is 18.2 Å². The van der Waals surface area contributed by atoms with E-state index in [2.05, 4.69) is 4.72 Å². The first-order valence-corrected chi connectivity index (χ1v) is 7.77. The predicted octanol–water partition coefficient (Wildman–Crippen LogP) is 1.75. The molecule has 104 valence electrons. The lowest BCUT2D eigenvalue weighted by molar-refractivity contribution is -0.118. The van der Waals surface area contributed by atoms with Crippen LogP contribution in [0.25, 0.3) is 0 Å². The number of sulfonamides is 1. The predicted molar refractivity (Wildman–Crippen MR) is 75.9 cm³/mol. The minimum absolute atomic E-state index is 0.0861. The van der Waals surface area contributed by atoms with Gasteiger partial charge in [-0.05, 0) is 44.0 Å². The third-order valence-corrected chi connectivity index (χ3v) is 5.07. The number of rotatable bonds is 3. The molecule has 0 bridgehead atoms. The molecule has 1 aromatic rings. The van der Waals surface area contributed by atoms with Crippen LogP contribution in [0.4, 0.5) is 11.4 Å². The lowest BCUT2D eigenvalue weighted by Gasteiger charge is -2.26. The highest BCUT2D eigenvalue weighted by Gasteiger charge is 2.22. The summed E-state index contributed by atoms with van der Waals surface area (Å²) in [5.41, 5.74) is 2.39. The first kappa shape index (κ1) is 13.9. The molecule has 5 nitrogen and oxygen atoms in total. The van der Waals surface area contributed by atoms with E-state index in [4.69, 9.17) is 0 Å². The second kappa shape index (κ2) is 4.85. The summed E-state index contributed by atoms with van der Waals surface area (Å²) in [5.74, 6) is 0.0861. The van der Waals surface area contributed by atoms with Gasteiger partial charge in [0.15, 0.2) is 0 Å². The van der Waals surface area contributed by atoms with Gasteiger partial charge in [0.25, 0.3) is 0 Å². The average molecular weight is 282 g/mol. The van der Waals surface area contributed by atoms with Crippen LogP contribution >= 0.6 is 0 Å². The quantitative estimate of drug-likeness (QED) is 0.918. The number of hydrogen-bond donors (Lipinski definition) is 1. The van der Waals surface area contributed by atoms with Gasteiger partial charge >= 0.3 is 0 Å². The number of carbonyl (C=O) groups excluding carboxylic acids is 1. The highest BCUT2D eigenvalue weighted by molar-refractivity contribution is 7.93. The van der Waals surface area contributed by atoms with Gasteiger partial charge in [0.05, 0.1) is 5.25 Å². The van der Waals surface area contributed by atoms with Crippen molar-refractivity contribution in [1.82, 2.24) is 0 Å². The van der Waals surface area contributed by atoms with Gasteiger partial charge in [-0.2, -0.15) is 0 Å². The monoisotopic (exact) mass is 282 g/mol. The molecule has 0 saturated heterocycles. The molecule has 2 rings (SSSR count). The topological polar surface area (TPSA) is 66.5 Å². The van der Waals surface area contributed by atoms with Gasteiger partial charge in [-0.25, -0.2) is 8.42 Å². The fourth-order valence-corrected chi connectivity index (χ4v) is 2.69. The largest absolute Gasteiger partial charge is 0.315 e. The Labute approximate surface area is 113 Å². The Hall–Kier alpha value is -1.56. The maximum atomic E-state index is 11.8. The van der Waals surface area contributed by atoms with Crippen LogP contribution in [0.3, 0.4) is 0 Å². The van der Waals surface area contributed by atoms with E-state index in [9.17, 15) is 13.2 Å². The minimum atomic E-state index is -3.33. The molecule has 1 amide bonds. The number of amides is 1. The molecule has 0 radical (unpaired) electrons. The molecule has 1 aromatic carbocycles. The molecule has 0 atom stereocenters. The Morgan fingerprint density at radius 1 is 1.26 bits per heavy atom. The molecule has 0 spiro atoms. The fourth-order valence-electron chi connectivity index (χ4n) is 2.00. The lowest BCUT2D eigenvalue weighted by Crippen LogP contribution is -2.31. The summed E-state index contributed by atoms with van der Waals surface area (Å²) in [6.07, 6.45) is 1.11. The zero-order valence-corrected chi connectivity index (χ0v) is 12.1. The number of carbonyl (C=O) groups is 1. The molecule has 1 heterocycles. The van der Waals surface area contributed by atoms with E-state index in [-0.39, 0.29) is 5.91 Å². The SMILES string of the molecule is CC(C)S(=O)(=O)Nc1ccc2c(c1)CCC(=O)N2C. The summed E-state index contributed by atoms with van der Waals surface area (Å²) < 4.78 is 26.2. The van der Waals surface area contributed by atoms with Crippen molar-refractivity contribution in [2.75, 3.05) is 16.7 Å². The summed E-state index contributed by atoms with van der Waals surface area (Å²) in [6.45, 7) is 3.26. The molecule has 19 heavy (non-hydrogen) atoms. The minimum Gasteiger partial charge on any atom is -0.315 e. The number of aryl methyl sites for hydroxylation is 1. The number of nitrogens with one attached hydrogen (secondary N) is 1. The van der Waals surface area contributed by atoms with Crippen LogP contribution in [0.2, 0.25) is 0 Å². The van der Waals surface area contributed by atoms with E-state index in [1.807, 2.05) is 0 Å². The normalized spacial score (nSPS) is 15.6. The Kier molecular flexibility index (Phi) is 3.54. The number of anilines is 2. The van der Waals surface area contributed by atoms with E-state index in [1.54, 1.807) is 44.0 Å². The van der Waals surface area contributed by atoms with E-state index < -0.39 is 15.3 Å². The molecule has 0 aromatic heterocycles. The number of benzene rings is 1. The molecule has 0 aliphatic carbocycles. The number of nitrogens with zero attached hydrogens (tertiary/aromatic N) is 1. The number of fused-ring (bicyclic) bond motifs is 1. The Morgan fingerprint density at radius 3 is 2.58 bits per heavy atom. The summed E-state index contributed by atoms with van der Waals surface area (Å²) in [6, 6.07) is 5.27. The molecule has 0 fully saturated rings. The Balaban J connectivity index is 2.30. The molecule has 0 unspecified atom stereocenters. The van der Waals surface area contributed by atoms with Crippen molar-refractivity contribution in [3.8, 4) is 0 Å². The van der Waals surface area contributed by atoms with Gasteiger partial charge in [0.2, 0.25) is 15.9 Å². The van der Waals surface area contributed by atoms with Crippen molar-refractivity contribution >= 4 is 27.3 Å². The van der Waals surface area contributed by atoms with E-state index in [0.29, 0.717) is 18.5 Å². The van der Waals surface area contributed by atoms with Crippen LogP contribution in [-0.4, -0.2) is 26.6 Å². The van der Waals surface area contributed by atoms with Gasteiger partial charge in [0, 0.05) is 24.8 Å². The Bertz CT molecular complexity index is 608. The molecule has 1 aliphatic heterocycles. The molecule has 1 aliphatic rings. The second-order valence-corrected chi connectivity index (χ2v) is 7.23. The van der Waals surface area contributed by atoms with Gasteiger partial charge in [-0.15, -0.1) is 0 Å². The molecule has 1 N–H and O–H groups in total. The zero-order valence-electron chi connectivity index (χ0n) is 11.3. The zero-order chi connectivity index (χ0) is 14.2. The number of hydrogen-bond acceptors (Lipinski definition) is 3. The molecular formula is C13H18N2O3S. The van der Waals surface area contributed by atoms with Crippen LogP contribution in [0.5, 0.6) is 0 Å². The third kappa shape index (κ3) is 2.73. The standard InChI is InChI=1S/C13H18N2O3S/c1-9(2)19(17,18)14-11-5-6-12-10(8-11)4-7-13(16)15(12)3/h5-6,8-9,14H,4,7H2,1-3H3. The lowest BCUT2D eigenvalue weighted by atomic mass is 10.0. The highest BCUT2D eigenvalue weighted by atomic mass is 32.2. The maximum Gasteiger partial charge on any atom is 0.235 e. The van der Waals surface area contributed by atoms with Crippen LogP contribution in [0, 0.1) is 0 Å². The van der Waals surface area contributed by atoms with Crippen molar-refractivity contribution in [1.29, 1.82) is 0 Å². The summed E-state index contributed by atoms with van der Waals surface area (Å²) in [5, 5.41) is -0.479. The highest BCUT2D eigenvalue weighted by Crippen LogP contribution is 2.29. The first-order chi connectivity index (χ1) is 8.81. The van der Waals surface area contributed by atoms with E-state index >= 15 is 0 Å². The maximum absolute atomic E-state index is 11.8. The van der Waals surface area contributed by atoms with Crippen molar-refractivity contribution in [3.05, 3.63) is 23.8 Å². The van der Waals surface area contributed by atoms with Crippen molar-refractivity contribution < 1.29 is 13.2 Å². The molecule has 6 heteroatoms. The molecule has 0 saturated carbocycles. The van der Waals surface area contributed by atoms with Crippen LogP contribution < -0.4 is 9.62 Å². The van der Waals surface area contributed by atoms with Crippen LogP contribution in [-0.2, 0) is 21.2 Å². The average Bonchev–Trinajstić information content (AvgIpc) is 2.33. The van der Waals surface area contributed by atoms with E-state index in [1.165, 1.54) is 0 Å². The van der Waals surface area contributed by atoms with Crippen molar-refractivity contribution in [2.45, 2.75) is 31.9 Å². The molecular weight excluding hydrogens is 264 g/mol. The summed E-state index contributed by atoms with van der Waals surface area (Å²) in [4.78, 5) is 13.2. The summed E-state index contributed by atoms with van der Waals surface area (Å²) >= 11 is 0. The smallest absolute Gasteiger partial charge is 0.235 e. The van der Waals surface area contributed by atoms with E-state index in [0.717, 1.165) is 11.3 Å². The van der Waals surface area contributed by atoms with Gasteiger partial charge in [-0.1, -0.05) is 0 Å². The fraction of sp³-hybridized carbons (Fsp3) is 0.462. The van der Waals surface area contributed by atoms with Crippen molar-refractivity contribution in [3.63, 3.8) is 0 Å². The Morgan fingerprint density at radius 2 is 1.95 bits per heavy atom. The van der Waals surface area contributed by atoms with Gasteiger partial charge in [-0.3, -0.25) is 9.52 Å². The van der Waals surface area contributed by atoms with Crippen LogP contribution in [0.1, 0.15) is 25.8 Å². The van der Waals surface area contributed by atoms with Gasteiger partial charge < -0.3 is 4.90 Å². The third-order valence-electron chi connectivity index (χ3n) is 3.30.